The molecule has 5 aromatic rings. The third-order valence-corrected chi connectivity index (χ3v) is 12.9. The molecule has 1 fully saturated rings. The van der Waals surface area contributed by atoms with E-state index in [0.29, 0.717) is 47.1 Å². The lowest BCUT2D eigenvalue weighted by Crippen LogP contribution is -2.58. The minimum atomic E-state index is -1.15. The molecule has 0 saturated heterocycles. The van der Waals surface area contributed by atoms with Gasteiger partial charge < -0.3 is 23.7 Å². The zero-order valence-corrected chi connectivity index (χ0v) is 34.3. The third kappa shape index (κ3) is 8.79. The molecular formula is C51H54O8. The van der Waals surface area contributed by atoms with Crippen molar-refractivity contribution in [2.45, 2.75) is 116 Å². The maximum Gasteiger partial charge on any atom is 0.336 e. The van der Waals surface area contributed by atoms with Gasteiger partial charge in [-0.15, -0.1) is 0 Å². The highest BCUT2D eigenvalue weighted by Gasteiger charge is 2.57. The fourth-order valence-corrected chi connectivity index (χ4v) is 9.63. The second-order valence-electron chi connectivity index (χ2n) is 17.2. The number of carbonyl (C=O) groups is 2. The predicted molar refractivity (Wildman–Crippen MR) is 227 cm³/mol. The number of allylic oxidation sites excluding steroid dienone is 1. The monoisotopic (exact) mass is 794 g/mol. The number of rotatable bonds is 7. The number of aliphatic hydroxyl groups is 1. The second kappa shape index (κ2) is 17.4. The van der Waals surface area contributed by atoms with Crippen LogP contribution in [-0.2, 0) is 51.4 Å². The molecule has 1 aromatic heterocycles. The van der Waals surface area contributed by atoms with Gasteiger partial charge in [-0.25, -0.2) is 9.59 Å². The van der Waals surface area contributed by atoms with Crippen LogP contribution in [0.3, 0.4) is 0 Å². The van der Waals surface area contributed by atoms with Crippen molar-refractivity contribution in [2.75, 3.05) is 0 Å². The number of hydrogen-bond donors (Lipinski definition) is 1. The molecule has 1 N–H and O–H groups in total. The van der Waals surface area contributed by atoms with E-state index in [1.165, 1.54) is 22.8 Å². The Morgan fingerprint density at radius 3 is 2.25 bits per heavy atom. The van der Waals surface area contributed by atoms with E-state index in [1.54, 1.807) is 12.1 Å². The third-order valence-electron chi connectivity index (χ3n) is 12.9. The molecule has 3 aliphatic heterocycles. The van der Waals surface area contributed by atoms with Crippen molar-refractivity contribution < 1.29 is 33.3 Å². The fraction of sp³-hybridized carbons (Fsp3) is 0.392. The molecule has 4 aliphatic rings. The van der Waals surface area contributed by atoms with Gasteiger partial charge in [0.15, 0.2) is 12.2 Å². The first-order valence-electron chi connectivity index (χ1n) is 21.2. The van der Waals surface area contributed by atoms with Crippen LogP contribution in [0.1, 0.15) is 111 Å². The summed E-state index contributed by atoms with van der Waals surface area (Å²) in [6.07, 6.45) is 5.81. The molecule has 4 heterocycles. The van der Waals surface area contributed by atoms with Crippen LogP contribution in [0.5, 0.6) is 5.75 Å². The predicted octanol–water partition coefficient (Wildman–Crippen LogP) is 9.88. The maximum absolute atomic E-state index is 14.6. The summed E-state index contributed by atoms with van der Waals surface area (Å²) in [6, 6.07) is 32.4. The molecule has 1 saturated carbocycles. The minimum absolute atomic E-state index is 0.00486. The van der Waals surface area contributed by atoms with Crippen LogP contribution in [0.25, 0.3) is 11.0 Å². The fourth-order valence-electron chi connectivity index (χ4n) is 9.63. The smallest absolute Gasteiger partial charge is 0.336 e. The zero-order valence-electron chi connectivity index (χ0n) is 34.3. The Morgan fingerprint density at radius 2 is 1.51 bits per heavy atom. The summed E-state index contributed by atoms with van der Waals surface area (Å²) >= 11 is 0. The van der Waals surface area contributed by atoms with E-state index in [9.17, 15) is 19.5 Å². The summed E-state index contributed by atoms with van der Waals surface area (Å²) in [7, 11) is 0. The molecule has 4 atom stereocenters. The van der Waals surface area contributed by atoms with Crippen LogP contribution in [0.2, 0.25) is 0 Å². The first kappa shape index (κ1) is 40.3. The Bertz CT molecular complexity index is 2400. The molecule has 59 heavy (non-hydrogen) atoms. The van der Waals surface area contributed by atoms with Crippen LogP contribution in [0, 0.1) is 11.8 Å². The Kier molecular flexibility index (Phi) is 11.9. The van der Waals surface area contributed by atoms with Crippen molar-refractivity contribution in [1.82, 2.24) is 0 Å². The molecule has 8 heteroatoms. The van der Waals surface area contributed by atoms with Crippen LogP contribution in [-0.4, -0.2) is 28.8 Å². The first-order chi connectivity index (χ1) is 28.6. The van der Waals surface area contributed by atoms with E-state index >= 15 is 0 Å². The summed E-state index contributed by atoms with van der Waals surface area (Å²) in [5.41, 5.74) is 6.50. The van der Waals surface area contributed by atoms with Crippen LogP contribution < -0.4 is 10.4 Å². The van der Waals surface area contributed by atoms with Gasteiger partial charge in [-0.1, -0.05) is 97.3 Å². The Morgan fingerprint density at radius 1 is 0.780 bits per heavy atom. The van der Waals surface area contributed by atoms with Gasteiger partial charge in [-0.3, -0.25) is 4.79 Å². The van der Waals surface area contributed by atoms with Gasteiger partial charge in [-0.2, -0.15) is 0 Å². The molecule has 4 aromatic carbocycles. The lowest BCUT2D eigenvalue weighted by atomic mass is 9.76. The molecule has 0 spiro atoms. The largest absolute Gasteiger partial charge is 0.483 e. The number of ether oxygens (including phenoxy) is 3. The minimum Gasteiger partial charge on any atom is -0.483 e. The van der Waals surface area contributed by atoms with Crippen LogP contribution in [0.4, 0.5) is 0 Å². The highest BCUT2D eigenvalue weighted by atomic mass is 16.6. The average molecular weight is 795 g/mol. The first-order valence-corrected chi connectivity index (χ1v) is 21.2. The maximum atomic E-state index is 14.6. The van der Waals surface area contributed by atoms with Crippen molar-refractivity contribution in [2.24, 2.45) is 11.8 Å². The number of carbonyl (C=O) groups excluding carboxylic acids is 2. The summed E-state index contributed by atoms with van der Waals surface area (Å²) in [5.74, 6) is -0.585. The molecule has 0 unspecified atom stereocenters. The van der Waals surface area contributed by atoms with Gasteiger partial charge in [0.05, 0.1) is 12.2 Å². The molecule has 2 bridgehead atoms. The average Bonchev–Trinajstić information content (AvgIpc) is 3.78. The summed E-state index contributed by atoms with van der Waals surface area (Å²) in [5, 5.41) is 10.8. The SMILES string of the molecule is CC(C)=C1CCc2ccc(cc2)C[C@@H](CCc2cccc(Cc3ccccc3)c2)CC(=O)O[C@H]2c3c(ccc4c(CO)cc(=O)oc34)O[C@@](C)(C3CCCC3)[C@H]2OC1=O. The van der Waals surface area contributed by atoms with E-state index < -0.39 is 42.0 Å². The normalized spacial score (nSPS) is 22.6. The topological polar surface area (TPSA) is 112 Å². The molecule has 0 amide bonds. The van der Waals surface area contributed by atoms with Gasteiger partial charge in [0.2, 0.25) is 0 Å². The quantitative estimate of drug-likeness (QED) is 0.0985. The van der Waals surface area contributed by atoms with Gasteiger partial charge in [0.1, 0.15) is 16.9 Å². The number of benzene rings is 4. The summed E-state index contributed by atoms with van der Waals surface area (Å²) in [4.78, 5) is 42.1. The van der Waals surface area contributed by atoms with Crippen molar-refractivity contribution >= 4 is 22.9 Å². The van der Waals surface area contributed by atoms with Gasteiger partial charge in [0.25, 0.3) is 0 Å². The number of fused-ring (bicyclic) bond motifs is 13. The molecule has 0 radical (unpaired) electrons. The van der Waals surface area contributed by atoms with E-state index in [2.05, 4.69) is 72.8 Å². The number of aliphatic hydroxyl groups excluding tert-OH is 1. The second-order valence-corrected chi connectivity index (χ2v) is 17.2. The molecule has 9 rings (SSSR count). The molecule has 1 aliphatic carbocycles. The zero-order chi connectivity index (χ0) is 41.1. The van der Waals surface area contributed by atoms with E-state index in [1.807, 2.05) is 26.8 Å². The van der Waals surface area contributed by atoms with E-state index in [-0.39, 0.29) is 23.8 Å². The standard InChI is InChI=1S/C51H54O8/c1-32(2)41-23-22-33-16-18-36(19-17-33)28-38(21-20-35-12-9-13-37(27-35)26-34-10-5-4-6-11-34)29-44(53)57-48-46-43(25-24-42-39(31-52)30-45(54)56-47(42)46)59-51(3,40-14-7-8-15-40)49(48)58-50(41)55/h4-6,9-13,16-19,24-25,27,30,38,40,48-49,52H,7-8,14-15,20-23,26,28-29,31H2,1-3H3/t38-,48+,49+,51+/m1/s1. The Balaban J connectivity index is 1.19. The van der Waals surface area contributed by atoms with Crippen molar-refractivity contribution in [3.63, 3.8) is 0 Å². The number of aryl methyl sites for hydroxylation is 2. The van der Waals surface area contributed by atoms with Gasteiger partial charge in [-0.05, 0) is 124 Å². The van der Waals surface area contributed by atoms with Crippen LogP contribution >= 0.6 is 0 Å². The van der Waals surface area contributed by atoms with Gasteiger partial charge >= 0.3 is 17.6 Å². The van der Waals surface area contributed by atoms with Crippen LogP contribution in [0.15, 0.2) is 117 Å². The van der Waals surface area contributed by atoms with E-state index in [4.69, 9.17) is 18.6 Å². The molecule has 306 valence electrons. The number of esters is 2. The van der Waals surface area contributed by atoms with Crippen molar-refractivity contribution in [1.29, 1.82) is 0 Å². The molecule has 8 nitrogen and oxygen atoms in total. The lowest BCUT2D eigenvalue weighted by Gasteiger charge is -2.48. The highest BCUT2D eigenvalue weighted by molar-refractivity contribution is 5.90. The highest BCUT2D eigenvalue weighted by Crippen LogP contribution is 2.52. The Labute approximate surface area is 346 Å². The number of hydrogen-bond acceptors (Lipinski definition) is 8. The van der Waals surface area contributed by atoms with E-state index in [0.717, 1.165) is 61.6 Å². The molecular weight excluding hydrogens is 741 g/mol. The lowest BCUT2D eigenvalue weighted by molar-refractivity contribution is -0.199. The summed E-state index contributed by atoms with van der Waals surface area (Å²) < 4.78 is 26.1. The van der Waals surface area contributed by atoms with Gasteiger partial charge in [0, 0.05) is 29.4 Å². The summed E-state index contributed by atoms with van der Waals surface area (Å²) in [6.45, 7) is 5.39. The van der Waals surface area contributed by atoms with Crippen molar-refractivity contribution in [3.05, 3.63) is 158 Å². The Hall–Kier alpha value is -5.47. The van der Waals surface area contributed by atoms with Crippen molar-refractivity contribution in [3.8, 4) is 5.75 Å².